The zero-order valence-electron chi connectivity index (χ0n) is 6.19. The molecule has 9 heavy (non-hydrogen) atoms. The van der Waals surface area contributed by atoms with Gasteiger partial charge in [-0.05, 0) is 13.3 Å². The summed E-state index contributed by atoms with van der Waals surface area (Å²) in [4.78, 5) is 10.8. The molecular weight excluding hydrogens is 114 g/mol. The Balaban J connectivity index is 3.97. The van der Waals surface area contributed by atoms with Gasteiger partial charge in [0.1, 0.15) is 0 Å². The van der Waals surface area contributed by atoms with Crippen molar-refractivity contribution in [3.05, 3.63) is 11.6 Å². The van der Waals surface area contributed by atoms with Crippen molar-refractivity contribution in [1.29, 1.82) is 0 Å². The summed E-state index contributed by atoms with van der Waals surface area (Å²) in [7, 11) is 1.64. The highest BCUT2D eigenvalue weighted by Gasteiger charge is 2.00. The third kappa shape index (κ3) is 2.31. The highest BCUT2D eigenvalue weighted by atomic mass is 16.1. The molecule has 52 valence electrons. The molecule has 2 heteroatoms. The van der Waals surface area contributed by atoms with Crippen molar-refractivity contribution < 1.29 is 4.79 Å². The van der Waals surface area contributed by atoms with Gasteiger partial charge in [-0.2, -0.15) is 0 Å². The number of carbonyl (C=O) groups is 1. The molecule has 0 radical (unpaired) electrons. The van der Waals surface area contributed by atoms with Crippen LogP contribution < -0.4 is 5.32 Å². The minimum atomic E-state index is 0.0278. The van der Waals surface area contributed by atoms with E-state index in [0.29, 0.717) is 0 Å². The van der Waals surface area contributed by atoms with Crippen LogP contribution in [0.4, 0.5) is 0 Å². The Hall–Kier alpha value is -0.790. The molecule has 0 aromatic heterocycles. The summed E-state index contributed by atoms with van der Waals surface area (Å²) in [6, 6.07) is 0. The Bertz CT molecular complexity index is 127. The highest BCUT2D eigenvalue weighted by molar-refractivity contribution is 5.92. The van der Waals surface area contributed by atoms with Gasteiger partial charge in [0.25, 0.3) is 0 Å². The molecule has 0 aliphatic rings. The van der Waals surface area contributed by atoms with Crippen LogP contribution in [0.25, 0.3) is 0 Å². The smallest absolute Gasteiger partial charge is 0.246 e. The average molecular weight is 127 g/mol. The molecule has 0 unspecified atom stereocenters. The van der Waals surface area contributed by atoms with Gasteiger partial charge in [0.15, 0.2) is 0 Å². The number of nitrogens with one attached hydrogen (secondary N) is 1. The summed E-state index contributed by atoms with van der Waals surface area (Å²) in [5, 5.41) is 2.56. The van der Waals surface area contributed by atoms with Crippen LogP contribution in [0.1, 0.15) is 20.3 Å². The summed E-state index contributed by atoms with van der Waals surface area (Å²) in [6.45, 7) is 3.83. The van der Waals surface area contributed by atoms with Crippen LogP contribution in [0.15, 0.2) is 11.6 Å². The first-order valence-electron chi connectivity index (χ1n) is 3.13. The van der Waals surface area contributed by atoms with Gasteiger partial charge in [-0.1, -0.05) is 13.0 Å². The second-order valence-electron chi connectivity index (χ2n) is 1.75. The molecule has 0 spiro atoms. The standard InChI is InChI=1S/C7H13NO/c1-4-6(5-2)7(9)8-3/h4H,5H2,1-3H3,(H,8,9). The fourth-order valence-electron chi connectivity index (χ4n) is 0.656. The third-order valence-corrected chi connectivity index (χ3v) is 1.25. The van der Waals surface area contributed by atoms with E-state index >= 15 is 0 Å². The fourth-order valence-corrected chi connectivity index (χ4v) is 0.656. The molecule has 1 amide bonds. The fraction of sp³-hybridized carbons (Fsp3) is 0.571. The van der Waals surface area contributed by atoms with E-state index < -0.39 is 0 Å². The Kier molecular flexibility index (Phi) is 3.76. The first-order chi connectivity index (χ1) is 4.26. The maximum absolute atomic E-state index is 10.8. The predicted molar refractivity (Wildman–Crippen MR) is 38.1 cm³/mol. The van der Waals surface area contributed by atoms with Crippen molar-refractivity contribution in [1.82, 2.24) is 5.32 Å². The number of allylic oxidation sites excluding steroid dienone is 1. The number of hydrogen-bond donors (Lipinski definition) is 1. The lowest BCUT2D eigenvalue weighted by Gasteiger charge is -1.99. The van der Waals surface area contributed by atoms with E-state index in [9.17, 15) is 4.79 Å². The zero-order chi connectivity index (χ0) is 7.28. The Morgan fingerprint density at radius 1 is 1.67 bits per heavy atom. The summed E-state index contributed by atoms with van der Waals surface area (Å²) in [5.74, 6) is 0.0278. The SMILES string of the molecule is CC=C(CC)C(=O)NC. The van der Waals surface area contributed by atoms with Crippen molar-refractivity contribution in [3.8, 4) is 0 Å². The minimum absolute atomic E-state index is 0.0278. The van der Waals surface area contributed by atoms with Crippen LogP contribution in [-0.2, 0) is 4.79 Å². The van der Waals surface area contributed by atoms with Gasteiger partial charge in [-0.25, -0.2) is 0 Å². The van der Waals surface area contributed by atoms with Crippen LogP contribution in [0.3, 0.4) is 0 Å². The molecule has 0 aliphatic heterocycles. The van der Waals surface area contributed by atoms with Crippen LogP contribution >= 0.6 is 0 Å². The Morgan fingerprint density at radius 2 is 2.22 bits per heavy atom. The summed E-state index contributed by atoms with van der Waals surface area (Å²) < 4.78 is 0. The van der Waals surface area contributed by atoms with Crippen molar-refractivity contribution in [2.24, 2.45) is 0 Å². The van der Waals surface area contributed by atoms with Crippen molar-refractivity contribution in [2.75, 3.05) is 7.05 Å². The van der Waals surface area contributed by atoms with E-state index in [4.69, 9.17) is 0 Å². The number of likely N-dealkylation sites (N-methyl/N-ethyl adjacent to an activating group) is 1. The first kappa shape index (κ1) is 8.21. The topological polar surface area (TPSA) is 29.1 Å². The van der Waals surface area contributed by atoms with Gasteiger partial charge in [0.2, 0.25) is 5.91 Å². The largest absolute Gasteiger partial charge is 0.355 e. The lowest BCUT2D eigenvalue weighted by molar-refractivity contribution is -0.117. The summed E-state index contributed by atoms with van der Waals surface area (Å²) >= 11 is 0. The van der Waals surface area contributed by atoms with Crippen LogP contribution in [0, 0.1) is 0 Å². The molecule has 0 aliphatic carbocycles. The van der Waals surface area contributed by atoms with Gasteiger partial charge in [0.05, 0.1) is 0 Å². The minimum Gasteiger partial charge on any atom is -0.355 e. The number of carbonyl (C=O) groups excluding carboxylic acids is 1. The van der Waals surface area contributed by atoms with E-state index in [1.165, 1.54) is 0 Å². The number of amides is 1. The molecule has 0 atom stereocenters. The maximum Gasteiger partial charge on any atom is 0.246 e. The average Bonchev–Trinajstić information content (AvgIpc) is 1.90. The van der Waals surface area contributed by atoms with E-state index in [0.717, 1.165) is 12.0 Å². The molecule has 2 nitrogen and oxygen atoms in total. The van der Waals surface area contributed by atoms with Crippen molar-refractivity contribution >= 4 is 5.91 Å². The van der Waals surface area contributed by atoms with E-state index in [2.05, 4.69) is 5.32 Å². The quantitative estimate of drug-likeness (QED) is 0.553. The van der Waals surface area contributed by atoms with Crippen LogP contribution in [0.5, 0.6) is 0 Å². The normalized spacial score (nSPS) is 11.2. The Labute approximate surface area is 56.0 Å². The van der Waals surface area contributed by atoms with E-state index in [-0.39, 0.29) is 5.91 Å². The van der Waals surface area contributed by atoms with Crippen molar-refractivity contribution in [2.45, 2.75) is 20.3 Å². The van der Waals surface area contributed by atoms with E-state index in [1.54, 1.807) is 7.05 Å². The molecule has 0 aromatic rings. The van der Waals surface area contributed by atoms with Gasteiger partial charge in [-0.15, -0.1) is 0 Å². The molecule has 0 rings (SSSR count). The predicted octanol–water partition coefficient (Wildman–Crippen LogP) is 1.09. The number of hydrogen-bond acceptors (Lipinski definition) is 1. The molecule has 0 bridgehead atoms. The molecule has 1 N–H and O–H groups in total. The van der Waals surface area contributed by atoms with E-state index in [1.807, 2.05) is 19.9 Å². The zero-order valence-corrected chi connectivity index (χ0v) is 6.19. The Morgan fingerprint density at radius 3 is 2.33 bits per heavy atom. The van der Waals surface area contributed by atoms with Gasteiger partial charge in [0, 0.05) is 12.6 Å². The number of rotatable bonds is 2. The lowest BCUT2D eigenvalue weighted by atomic mass is 10.2. The van der Waals surface area contributed by atoms with Crippen molar-refractivity contribution in [3.63, 3.8) is 0 Å². The highest BCUT2D eigenvalue weighted by Crippen LogP contribution is 1.97. The first-order valence-corrected chi connectivity index (χ1v) is 3.13. The monoisotopic (exact) mass is 127 g/mol. The van der Waals surface area contributed by atoms with Gasteiger partial charge >= 0.3 is 0 Å². The van der Waals surface area contributed by atoms with Gasteiger partial charge in [-0.3, -0.25) is 4.79 Å². The molecule has 0 heterocycles. The third-order valence-electron chi connectivity index (χ3n) is 1.25. The second kappa shape index (κ2) is 4.13. The molecular formula is C7H13NO. The maximum atomic E-state index is 10.8. The second-order valence-corrected chi connectivity index (χ2v) is 1.75. The van der Waals surface area contributed by atoms with Crippen LogP contribution in [-0.4, -0.2) is 13.0 Å². The molecule has 0 aromatic carbocycles. The van der Waals surface area contributed by atoms with Crippen LogP contribution in [0.2, 0.25) is 0 Å². The lowest BCUT2D eigenvalue weighted by Crippen LogP contribution is -2.19. The summed E-state index contributed by atoms with van der Waals surface area (Å²) in [6.07, 6.45) is 2.63. The van der Waals surface area contributed by atoms with Gasteiger partial charge < -0.3 is 5.32 Å². The molecule has 0 saturated heterocycles. The molecule has 0 fully saturated rings. The molecule has 0 saturated carbocycles. The summed E-state index contributed by atoms with van der Waals surface area (Å²) in [5.41, 5.74) is 0.845.